The largest absolute Gasteiger partial charge is 0.493 e. The molecule has 0 unspecified atom stereocenters. The highest BCUT2D eigenvalue weighted by molar-refractivity contribution is 6.39. The molecule has 0 heterocycles. The number of aryl methyl sites for hydroxylation is 4. The number of anilines is 2. The van der Waals surface area contributed by atoms with Gasteiger partial charge in [0.05, 0.1) is 13.3 Å². The lowest BCUT2D eigenvalue weighted by Crippen LogP contribution is -2.32. The van der Waals surface area contributed by atoms with Crippen molar-refractivity contribution in [3.63, 3.8) is 0 Å². The van der Waals surface area contributed by atoms with Crippen LogP contribution in [0.4, 0.5) is 11.4 Å². The molecule has 3 amide bonds. The highest BCUT2D eigenvalue weighted by atomic mass is 16.5. The fourth-order valence-corrected chi connectivity index (χ4v) is 3.49. The van der Waals surface area contributed by atoms with Crippen molar-refractivity contribution in [1.82, 2.24) is 5.43 Å². The van der Waals surface area contributed by atoms with E-state index < -0.39 is 11.8 Å². The minimum Gasteiger partial charge on any atom is -0.493 e. The molecule has 0 saturated heterocycles. The molecule has 0 aliphatic carbocycles. The minimum absolute atomic E-state index is 0.206. The van der Waals surface area contributed by atoms with E-state index in [0.29, 0.717) is 28.4 Å². The van der Waals surface area contributed by atoms with E-state index in [1.165, 1.54) is 13.3 Å². The standard InChI is InChI=1S/C28H30N4O5/c1-17-10-18(2)12-23(11-17)30-26(33)16-37-24-9-7-21(14-25(24)36-5)15-29-32-28(35)27(34)31-22-8-6-19(3)20(4)13-22/h6-15H,16H2,1-5H3,(H,30,33)(H,31,34)(H,32,35)/b29-15-. The second-order valence-corrected chi connectivity index (χ2v) is 8.58. The molecule has 37 heavy (non-hydrogen) atoms. The normalized spacial score (nSPS) is 10.6. The molecule has 3 aromatic carbocycles. The topological polar surface area (TPSA) is 118 Å². The third-order valence-electron chi connectivity index (χ3n) is 5.40. The van der Waals surface area contributed by atoms with E-state index in [9.17, 15) is 14.4 Å². The van der Waals surface area contributed by atoms with Crippen LogP contribution < -0.4 is 25.5 Å². The van der Waals surface area contributed by atoms with Gasteiger partial charge in [0.25, 0.3) is 5.91 Å². The maximum Gasteiger partial charge on any atom is 0.329 e. The summed E-state index contributed by atoms with van der Waals surface area (Å²) in [5.74, 6) is -1.30. The smallest absolute Gasteiger partial charge is 0.329 e. The second-order valence-electron chi connectivity index (χ2n) is 8.58. The first kappa shape index (κ1) is 26.9. The second kappa shape index (κ2) is 12.3. The Balaban J connectivity index is 1.53. The van der Waals surface area contributed by atoms with Crippen LogP contribution in [0.25, 0.3) is 0 Å². The Hall–Kier alpha value is -4.66. The molecule has 0 bridgehead atoms. The Morgan fingerprint density at radius 3 is 2.19 bits per heavy atom. The number of rotatable bonds is 8. The molecule has 0 fully saturated rings. The van der Waals surface area contributed by atoms with Crippen molar-refractivity contribution < 1.29 is 23.9 Å². The van der Waals surface area contributed by atoms with Gasteiger partial charge < -0.3 is 20.1 Å². The van der Waals surface area contributed by atoms with Gasteiger partial charge in [0, 0.05) is 11.4 Å². The number of nitrogens with one attached hydrogen (secondary N) is 3. The zero-order chi connectivity index (χ0) is 26.9. The van der Waals surface area contributed by atoms with Gasteiger partial charge in [0.2, 0.25) is 0 Å². The molecule has 192 valence electrons. The molecule has 0 aromatic heterocycles. The SMILES string of the molecule is COc1cc(/C=N\NC(=O)C(=O)Nc2ccc(C)c(C)c2)ccc1OCC(=O)Nc1cc(C)cc(C)c1. The number of amides is 3. The van der Waals surface area contributed by atoms with E-state index in [0.717, 1.165) is 22.3 Å². The van der Waals surface area contributed by atoms with Gasteiger partial charge in [-0.15, -0.1) is 0 Å². The molecule has 9 nitrogen and oxygen atoms in total. The van der Waals surface area contributed by atoms with Crippen LogP contribution in [0.3, 0.4) is 0 Å². The number of hydrazone groups is 1. The van der Waals surface area contributed by atoms with Crippen LogP contribution in [0.5, 0.6) is 11.5 Å². The van der Waals surface area contributed by atoms with E-state index in [1.54, 1.807) is 30.3 Å². The number of carbonyl (C=O) groups excluding carboxylic acids is 3. The van der Waals surface area contributed by atoms with Gasteiger partial charge in [-0.2, -0.15) is 5.10 Å². The number of ether oxygens (including phenoxy) is 2. The first-order valence-corrected chi connectivity index (χ1v) is 11.5. The Kier molecular flexibility index (Phi) is 8.99. The third-order valence-corrected chi connectivity index (χ3v) is 5.40. The summed E-state index contributed by atoms with van der Waals surface area (Å²) in [5, 5.41) is 9.18. The first-order chi connectivity index (χ1) is 17.6. The zero-order valence-electron chi connectivity index (χ0n) is 21.5. The van der Waals surface area contributed by atoms with Crippen LogP contribution >= 0.6 is 0 Å². The average Bonchev–Trinajstić information content (AvgIpc) is 2.84. The van der Waals surface area contributed by atoms with Crippen LogP contribution in [0.2, 0.25) is 0 Å². The zero-order valence-corrected chi connectivity index (χ0v) is 21.5. The Labute approximate surface area is 215 Å². The number of benzene rings is 3. The van der Waals surface area contributed by atoms with E-state index in [-0.39, 0.29) is 12.5 Å². The molecule has 0 saturated carbocycles. The lowest BCUT2D eigenvalue weighted by atomic mass is 10.1. The maximum absolute atomic E-state index is 12.3. The van der Waals surface area contributed by atoms with E-state index in [4.69, 9.17) is 9.47 Å². The van der Waals surface area contributed by atoms with Gasteiger partial charge in [0.1, 0.15) is 0 Å². The highest BCUT2D eigenvalue weighted by Crippen LogP contribution is 2.27. The van der Waals surface area contributed by atoms with E-state index >= 15 is 0 Å². The summed E-state index contributed by atoms with van der Waals surface area (Å²) in [5.41, 5.74) is 8.18. The molecule has 9 heteroatoms. The highest BCUT2D eigenvalue weighted by Gasteiger charge is 2.13. The molecule has 3 rings (SSSR count). The number of hydrogen-bond acceptors (Lipinski definition) is 6. The van der Waals surface area contributed by atoms with Gasteiger partial charge in [0.15, 0.2) is 18.1 Å². The summed E-state index contributed by atoms with van der Waals surface area (Å²) in [6, 6.07) is 16.1. The van der Waals surface area contributed by atoms with Gasteiger partial charge in [-0.05, 0) is 98.0 Å². The lowest BCUT2D eigenvalue weighted by Gasteiger charge is -2.12. The number of nitrogens with zero attached hydrogens (tertiary/aromatic N) is 1. The van der Waals surface area contributed by atoms with Crippen molar-refractivity contribution in [3.8, 4) is 11.5 Å². The summed E-state index contributed by atoms with van der Waals surface area (Å²) in [7, 11) is 1.47. The molecule has 3 aromatic rings. The molecule has 0 radical (unpaired) electrons. The van der Waals surface area contributed by atoms with Crippen molar-refractivity contribution in [1.29, 1.82) is 0 Å². The lowest BCUT2D eigenvalue weighted by molar-refractivity contribution is -0.136. The summed E-state index contributed by atoms with van der Waals surface area (Å²) in [6.45, 7) is 7.59. The first-order valence-electron chi connectivity index (χ1n) is 11.5. The van der Waals surface area contributed by atoms with Crippen LogP contribution in [0.15, 0.2) is 59.7 Å². The Bertz CT molecular complexity index is 1330. The molecule has 3 N–H and O–H groups in total. The van der Waals surface area contributed by atoms with Crippen LogP contribution in [0, 0.1) is 27.7 Å². The fourth-order valence-electron chi connectivity index (χ4n) is 3.49. The Morgan fingerprint density at radius 1 is 0.784 bits per heavy atom. The predicted molar refractivity (Wildman–Crippen MR) is 143 cm³/mol. The summed E-state index contributed by atoms with van der Waals surface area (Å²) in [4.78, 5) is 36.5. The van der Waals surface area contributed by atoms with E-state index in [2.05, 4.69) is 21.2 Å². The molecule has 0 aliphatic heterocycles. The number of hydrogen-bond donors (Lipinski definition) is 3. The summed E-state index contributed by atoms with van der Waals surface area (Å²) < 4.78 is 11.0. The Morgan fingerprint density at radius 2 is 1.51 bits per heavy atom. The van der Waals surface area contributed by atoms with Crippen LogP contribution in [-0.4, -0.2) is 37.7 Å². The van der Waals surface area contributed by atoms with Crippen molar-refractivity contribution in [2.75, 3.05) is 24.4 Å². The average molecular weight is 503 g/mol. The van der Waals surface area contributed by atoms with Crippen molar-refractivity contribution in [3.05, 3.63) is 82.4 Å². The molecular formula is C28H30N4O5. The monoisotopic (exact) mass is 502 g/mol. The predicted octanol–water partition coefficient (Wildman–Crippen LogP) is 4.04. The van der Waals surface area contributed by atoms with Crippen molar-refractivity contribution in [2.24, 2.45) is 5.10 Å². The molecule has 0 atom stereocenters. The van der Waals surface area contributed by atoms with Crippen LogP contribution in [0.1, 0.15) is 27.8 Å². The molecule has 0 spiro atoms. The van der Waals surface area contributed by atoms with Crippen molar-refractivity contribution in [2.45, 2.75) is 27.7 Å². The van der Waals surface area contributed by atoms with Gasteiger partial charge in [-0.25, -0.2) is 5.43 Å². The fraction of sp³-hybridized carbons (Fsp3) is 0.214. The van der Waals surface area contributed by atoms with Crippen LogP contribution in [-0.2, 0) is 14.4 Å². The minimum atomic E-state index is -0.906. The number of carbonyl (C=O) groups is 3. The number of methoxy groups -OCH3 is 1. The quantitative estimate of drug-likeness (QED) is 0.244. The molecule has 0 aliphatic rings. The third kappa shape index (κ3) is 7.93. The summed E-state index contributed by atoms with van der Waals surface area (Å²) >= 11 is 0. The van der Waals surface area contributed by atoms with Gasteiger partial charge >= 0.3 is 11.8 Å². The van der Waals surface area contributed by atoms with E-state index in [1.807, 2.05) is 52.0 Å². The van der Waals surface area contributed by atoms with Crippen molar-refractivity contribution >= 4 is 35.3 Å². The van der Waals surface area contributed by atoms with Gasteiger partial charge in [-0.3, -0.25) is 14.4 Å². The van der Waals surface area contributed by atoms with Gasteiger partial charge in [-0.1, -0.05) is 12.1 Å². The summed E-state index contributed by atoms with van der Waals surface area (Å²) in [6.07, 6.45) is 1.36. The maximum atomic E-state index is 12.3. The molecular weight excluding hydrogens is 472 g/mol.